The van der Waals surface area contributed by atoms with Crippen LogP contribution in [0.2, 0.25) is 0 Å². The lowest BCUT2D eigenvalue weighted by Gasteiger charge is -2.28. The molecular weight excluding hydrogens is 354 g/mol. The summed E-state index contributed by atoms with van der Waals surface area (Å²) >= 11 is 1.42. The molecule has 3 rings (SSSR count). The highest BCUT2D eigenvalue weighted by atomic mass is 32.2. The van der Waals surface area contributed by atoms with Crippen molar-refractivity contribution in [1.82, 2.24) is 0 Å². The average molecular weight is 373 g/mol. The zero-order chi connectivity index (χ0) is 18.4. The second-order valence-electron chi connectivity index (χ2n) is 5.71. The van der Waals surface area contributed by atoms with Crippen LogP contribution in [0.1, 0.15) is 0 Å². The molecule has 2 aromatic carbocycles. The highest BCUT2D eigenvalue weighted by molar-refractivity contribution is 8.00. The van der Waals surface area contributed by atoms with Gasteiger partial charge in [-0.2, -0.15) is 0 Å². The van der Waals surface area contributed by atoms with Crippen molar-refractivity contribution in [3.8, 4) is 0 Å². The van der Waals surface area contributed by atoms with Gasteiger partial charge in [0.15, 0.2) is 0 Å². The number of carbonyl (C=O) groups is 1. The van der Waals surface area contributed by atoms with Crippen LogP contribution in [-0.2, 0) is 9.53 Å². The zero-order valence-corrected chi connectivity index (χ0v) is 14.9. The number of hydrogen-bond donors (Lipinski definition) is 1. The highest BCUT2D eigenvalue weighted by Gasteiger charge is 2.22. The van der Waals surface area contributed by atoms with Crippen LogP contribution < -0.4 is 10.2 Å². The molecule has 1 saturated heterocycles. The Morgan fingerprint density at radius 3 is 2.62 bits per heavy atom. The van der Waals surface area contributed by atoms with Crippen molar-refractivity contribution in [2.75, 3.05) is 42.3 Å². The SMILES string of the molecule is O=C(CSc1ccccc1)Nc1ccc(N2CCOCC2)c([N+](=O)[O-])c1. The molecule has 0 spiro atoms. The Bertz CT molecular complexity index is 779. The van der Waals surface area contributed by atoms with Crippen LogP contribution in [0.4, 0.5) is 17.1 Å². The van der Waals surface area contributed by atoms with E-state index in [1.54, 1.807) is 12.1 Å². The standard InChI is InChI=1S/C18H19N3O4S/c22-18(13-26-15-4-2-1-3-5-15)19-14-6-7-16(17(12-14)21(23)24)20-8-10-25-11-9-20/h1-7,12H,8-11,13H2,(H,19,22). The quantitative estimate of drug-likeness (QED) is 0.476. The van der Waals surface area contributed by atoms with Gasteiger partial charge in [0.25, 0.3) is 5.69 Å². The molecule has 0 radical (unpaired) electrons. The molecule has 0 unspecified atom stereocenters. The molecule has 0 aromatic heterocycles. The van der Waals surface area contributed by atoms with Gasteiger partial charge in [0, 0.05) is 29.7 Å². The van der Waals surface area contributed by atoms with Gasteiger partial charge in [0.1, 0.15) is 5.69 Å². The number of nitrogens with one attached hydrogen (secondary N) is 1. The van der Waals surface area contributed by atoms with E-state index in [0.717, 1.165) is 4.90 Å². The fourth-order valence-electron chi connectivity index (χ4n) is 2.68. The Morgan fingerprint density at radius 1 is 1.19 bits per heavy atom. The number of benzene rings is 2. The van der Waals surface area contributed by atoms with Gasteiger partial charge in [-0.1, -0.05) is 18.2 Å². The summed E-state index contributed by atoms with van der Waals surface area (Å²) in [6, 6.07) is 14.4. The molecule has 0 saturated carbocycles. The number of rotatable bonds is 6. The Labute approximate surface area is 155 Å². The lowest BCUT2D eigenvalue weighted by atomic mass is 10.2. The molecule has 7 nitrogen and oxygen atoms in total. The van der Waals surface area contributed by atoms with Crippen LogP contribution in [0.15, 0.2) is 53.4 Å². The summed E-state index contributed by atoms with van der Waals surface area (Å²) in [7, 11) is 0. The van der Waals surface area contributed by atoms with Crippen molar-refractivity contribution < 1.29 is 14.5 Å². The van der Waals surface area contributed by atoms with Gasteiger partial charge in [-0.3, -0.25) is 14.9 Å². The van der Waals surface area contributed by atoms with Gasteiger partial charge in [-0.15, -0.1) is 11.8 Å². The summed E-state index contributed by atoms with van der Waals surface area (Å²) in [6.45, 7) is 2.32. The molecule has 136 valence electrons. The smallest absolute Gasteiger partial charge is 0.294 e. The number of carbonyl (C=O) groups excluding carboxylic acids is 1. The summed E-state index contributed by atoms with van der Waals surface area (Å²) < 4.78 is 5.29. The van der Waals surface area contributed by atoms with E-state index in [1.165, 1.54) is 17.8 Å². The van der Waals surface area contributed by atoms with Crippen LogP contribution in [0.5, 0.6) is 0 Å². The van der Waals surface area contributed by atoms with E-state index < -0.39 is 4.92 Å². The first-order valence-corrected chi connectivity index (χ1v) is 9.21. The number of ether oxygens (including phenoxy) is 1. The van der Waals surface area contributed by atoms with Gasteiger partial charge >= 0.3 is 0 Å². The first-order chi connectivity index (χ1) is 12.6. The molecular formula is C18H19N3O4S. The Hall–Kier alpha value is -2.58. The lowest BCUT2D eigenvalue weighted by Crippen LogP contribution is -2.36. The summed E-state index contributed by atoms with van der Waals surface area (Å²) in [6.07, 6.45) is 0. The molecule has 1 amide bonds. The predicted molar refractivity (Wildman–Crippen MR) is 102 cm³/mol. The maximum absolute atomic E-state index is 12.1. The predicted octanol–water partition coefficient (Wildman–Crippen LogP) is 3.16. The normalized spacial score (nSPS) is 14.1. The molecule has 2 aromatic rings. The first kappa shape index (κ1) is 18.2. The fraction of sp³-hybridized carbons (Fsp3) is 0.278. The largest absolute Gasteiger partial charge is 0.378 e. The number of nitro benzene ring substituents is 1. The number of anilines is 2. The topological polar surface area (TPSA) is 84.7 Å². The number of thioether (sulfide) groups is 1. The molecule has 0 atom stereocenters. The number of amides is 1. The first-order valence-electron chi connectivity index (χ1n) is 8.22. The summed E-state index contributed by atoms with van der Waals surface area (Å²) in [5.41, 5.74) is 0.961. The second-order valence-corrected chi connectivity index (χ2v) is 6.76. The van der Waals surface area contributed by atoms with Crippen molar-refractivity contribution in [2.45, 2.75) is 4.90 Å². The Morgan fingerprint density at radius 2 is 1.92 bits per heavy atom. The van der Waals surface area contributed by atoms with Crippen LogP contribution in [0, 0.1) is 10.1 Å². The van der Waals surface area contributed by atoms with Crippen LogP contribution in [0.25, 0.3) is 0 Å². The third-order valence-electron chi connectivity index (χ3n) is 3.92. The van der Waals surface area contributed by atoms with E-state index in [2.05, 4.69) is 5.32 Å². The van der Waals surface area contributed by atoms with E-state index in [9.17, 15) is 14.9 Å². The second kappa shape index (κ2) is 8.68. The van der Waals surface area contributed by atoms with Gasteiger partial charge in [0.2, 0.25) is 5.91 Å². The van der Waals surface area contributed by atoms with Crippen molar-refractivity contribution >= 4 is 34.7 Å². The summed E-state index contributed by atoms with van der Waals surface area (Å²) in [4.78, 5) is 26.1. The molecule has 1 aliphatic rings. The van der Waals surface area contributed by atoms with Crippen molar-refractivity contribution in [2.24, 2.45) is 0 Å². The Kier molecular flexibility index (Phi) is 6.08. The minimum Gasteiger partial charge on any atom is -0.378 e. The number of hydrogen-bond acceptors (Lipinski definition) is 6. The minimum atomic E-state index is -0.417. The maximum atomic E-state index is 12.1. The van der Waals surface area contributed by atoms with Gasteiger partial charge in [0.05, 0.1) is 23.9 Å². The van der Waals surface area contributed by atoms with E-state index in [0.29, 0.717) is 37.7 Å². The van der Waals surface area contributed by atoms with Gasteiger partial charge < -0.3 is 15.0 Å². The zero-order valence-electron chi connectivity index (χ0n) is 14.1. The van der Waals surface area contributed by atoms with Gasteiger partial charge in [-0.25, -0.2) is 0 Å². The van der Waals surface area contributed by atoms with Gasteiger partial charge in [-0.05, 0) is 24.3 Å². The third-order valence-corrected chi connectivity index (χ3v) is 4.93. The van der Waals surface area contributed by atoms with Crippen molar-refractivity contribution in [3.63, 3.8) is 0 Å². The number of nitro groups is 1. The van der Waals surface area contributed by atoms with Crippen molar-refractivity contribution in [1.29, 1.82) is 0 Å². The minimum absolute atomic E-state index is 0.0135. The van der Waals surface area contributed by atoms with Crippen LogP contribution in [-0.4, -0.2) is 42.9 Å². The molecule has 1 aliphatic heterocycles. The molecule has 1 heterocycles. The third kappa shape index (κ3) is 4.74. The maximum Gasteiger partial charge on any atom is 0.294 e. The number of nitrogens with zero attached hydrogens (tertiary/aromatic N) is 2. The average Bonchev–Trinajstić information content (AvgIpc) is 2.68. The lowest BCUT2D eigenvalue weighted by molar-refractivity contribution is -0.384. The summed E-state index contributed by atoms with van der Waals surface area (Å²) in [5, 5.41) is 14.2. The van der Waals surface area contributed by atoms with E-state index in [4.69, 9.17) is 4.74 Å². The molecule has 0 aliphatic carbocycles. The Balaban J connectivity index is 1.67. The fourth-order valence-corrected chi connectivity index (χ4v) is 3.40. The molecule has 26 heavy (non-hydrogen) atoms. The molecule has 1 fully saturated rings. The van der Waals surface area contributed by atoms with E-state index in [1.807, 2.05) is 35.2 Å². The van der Waals surface area contributed by atoms with Crippen LogP contribution >= 0.6 is 11.8 Å². The molecule has 8 heteroatoms. The monoisotopic (exact) mass is 373 g/mol. The van der Waals surface area contributed by atoms with E-state index in [-0.39, 0.29) is 17.3 Å². The van der Waals surface area contributed by atoms with E-state index >= 15 is 0 Å². The summed E-state index contributed by atoms with van der Waals surface area (Å²) in [5.74, 6) is 0.0375. The number of morpholine rings is 1. The molecule has 0 bridgehead atoms. The molecule has 1 N–H and O–H groups in total. The highest BCUT2D eigenvalue weighted by Crippen LogP contribution is 2.31. The van der Waals surface area contributed by atoms with Crippen molar-refractivity contribution in [3.05, 3.63) is 58.6 Å². The van der Waals surface area contributed by atoms with Crippen LogP contribution in [0.3, 0.4) is 0 Å².